The van der Waals surface area contributed by atoms with E-state index in [1.165, 1.54) is 0 Å². The largest absolute Gasteiger partial charge is 0.333 e. The van der Waals surface area contributed by atoms with Crippen molar-refractivity contribution in [2.45, 2.75) is 26.8 Å². The van der Waals surface area contributed by atoms with Crippen LogP contribution in [0.3, 0.4) is 0 Å². The summed E-state index contributed by atoms with van der Waals surface area (Å²) in [5.41, 5.74) is 3.26. The maximum Gasteiger partial charge on any atom is 0.273 e. The Hall–Kier alpha value is -2.33. The topological polar surface area (TPSA) is 37.6 Å². The molecule has 0 saturated carbocycles. The molecule has 0 N–H and O–H groups in total. The van der Waals surface area contributed by atoms with E-state index < -0.39 is 0 Å². The summed E-state index contributed by atoms with van der Waals surface area (Å²) >= 11 is 6.12. The minimum Gasteiger partial charge on any atom is -0.333 e. The standard InChI is InChI=1S/C19H20ClN3O/c1-3-16-18(23-13-15(20)10-11-17(23)21-16)19(24)22(4-2)12-14-8-6-5-7-9-14/h5-11,13H,3-4,12H2,1-2H3. The normalized spacial score (nSPS) is 11.0. The van der Waals surface area contributed by atoms with Gasteiger partial charge in [0, 0.05) is 19.3 Å². The van der Waals surface area contributed by atoms with Crippen LogP contribution in [0.25, 0.3) is 5.65 Å². The van der Waals surface area contributed by atoms with E-state index in [1.54, 1.807) is 16.7 Å². The Labute approximate surface area is 146 Å². The van der Waals surface area contributed by atoms with Gasteiger partial charge in [-0.2, -0.15) is 0 Å². The van der Waals surface area contributed by atoms with Crippen LogP contribution in [0.2, 0.25) is 5.02 Å². The number of carbonyl (C=O) groups is 1. The molecule has 0 bridgehead atoms. The van der Waals surface area contributed by atoms with E-state index in [0.717, 1.165) is 16.9 Å². The number of amides is 1. The van der Waals surface area contributed by atoms with Crippen LogP contribution < -0.4 is 0 Å². The number of aromatic nitrogens is 2. The lowest BCUT2D eigenvalue weighted by molar-refractivity contribution is 0.0744. The number of fused-ring (bicyclic) bond motifs is 1. The smallest absolute Gasteiger partial charge is 0.273 e. The zero-order valence-electron chi connectivity index (χ0n) is 13.9. The van der Waals surface area contributed by atoms with E-state index in [0.29, 0.717) is 30.2 Å². The van der Waals surface area contributed by atoms with Crippen molar-refractivity contribution in [2.75, 3.05) is 6.54 Å². The molecule has 0 atom stereocenters. The van der Waals surface area contributed by atoms with Gasteiger partial charge >= 0.3 is 0 Å². The van der Waals surface area contributed by atoms with Gasteiger partial charge in [-0.05, 0) is 31.0 Å². The van der Waals surface area contributed by atoms with Crippen molar-refractivity contribution in [3.05, 3.63) is 70.6 Å². The highest BCUT2D eigenvalue weighted by Gasteiger charge is 2.23. The van der Waals surface area contributed by atoms with Gasteiger partial charge < -0.3 is 4.90 Å². The number of benzene rings is 1. The average Bonchev–Trinajstić information content (AvgIpc) is 2.97. The quantitative estimate of drug-likeness (QED) is 0.697. The third kappa shape index (κ3) is 3.15. The molecule has 4 nitrogen and oxygen atoms in total. The number of hydrogen-bond acceptors (Lipinski definition) is 2. The molecule has 5 heteroatoms. The molecule has 1 aromatic carbocycles. The van der Waals surface area contributed by atoms with E-state index >= 15 is 0 Å². The summed E-state index contributed by atoms with van der Waals surface area (Å²) in [6, 6.07) is 13.6. The van der Waals surface area contributed by atoms with Gasteiger partial charge in [0.1, 0.15) is 11.3 Å². The van der Waals surface area contributed by atoms with Crippen molar-refractivity contribution in [3.63, 3.8) is 0 Å². The van der Waals surface area contributed by atoms with Gasteiger partial charge in [-0.1, -0.05) is 48.9 Å². The Bertz CT molecular complexity index is 858. The number of nitrogens with zero attached hydrogens (tertiary/aromatic N) is 3. The van der Waals surface area contributed by atoms with E-state index in [2.05, 4.69) is 4.98 Å². The third-order valence-electron chi connectivity index (χ3n) is 4.08. The molecule has 1 amide bonds. The fourth-order valence-electron chi connectivity index (χ4n) is 2.82. The van der Waals surface area contributed by atoms with Gasteiger partial charge in [-0.15, -0.1) is 0 Å². The lowest BCUT2D eigenvalue weighted by Crippen LogP contribution is -2.32. The van der Waals surface area contributed by atoms with Crippen LogP contribution in [0, 0.1) is 0 Å². The number of rotatable bonds is 5. The minimum absolute atomic E-state index is 0.0204. The monoisotopic (exact) mass is 341 g/mol. The molecular weight excluding hydrogens is 322 g/mol. The molecule has 24 heavy (non-hydrogen) atoms. The van der Waals surface area contributed by atoms with Crippen molar-refractivity contribution in [3.8, 4) is 0 Å². The SMILES string of the molecule is CCc1nc2ccc(Cl)cn2c1C(=O)N(CC)Cc1ccccc1. The van der Waals surface area contributed by atoms with Crippen LogP contribution in [-0.4, -0.2) is 26.7 Å². The predicted molar refractivity (Wildman–Crippen MR) is 96.4 cm³/mol. The molecule has 0 spiro atoms. The number of halogens is 1. The van der Waals surface area contributed by atoms with E-state index in [-0.39, 0.29) is 5.91 Å². The number of imidazole rings is 1. The van der Waals surface area contributed by atoms with Gasteiger partial charge in [0.05, 0.1) is 10.7 Å². The Morgan fingerprint density at radius 3 is 2.58 bits per heavy atom. The number of carbonyl (C=O) groups excluding carboxylic acids is 1. The summed E-state index contributed by atoms with van der Waals surface area (Å²) < 4.78 is 1.80. The first-order chi connectivity index (χ1) is 11.6. The molecule has 0 aliphatic carbocycles. The zero-order chi connectivity index (χ0) is 17.1. The van der Waals surface area contributed by atoms with Crippen LogP contribution in [-0.2, 0) is 13.0 Å². The van der Waals surface area contributed by atoms with Crippen molar-refractivity contribution >= 4 is 23.2 Å². The second-order valence-corrected chi connectivity index (χ2v) is 6.08. The van der Waals surface area contributed by atoms with Gasteiger partial charge in [0.25, 0.3) is 5.91 Å². The van der Waals surface area contributed by atoms with Gasteiger partial charge in [0.15, 0.2) is 0 Å². The van der Waals surface area contributed by atoms with Crippen LogP contribution in [0.4, 0.5) is 0 Å². The van der Waals surface area contributed by atoms with Gasteiger partial charge in [0.2, 0.25) is 0 Å². The lowest BCUT2D eigenvalue weighted by atomic mass is 10.2. The Kier molecular flexibility index (Phi) is 4.86. The van der Waals surface area contributed by atoms with E-state index in [9.17, 15) is 4.79 Å². The van der Waals surface area contributed by atoms with Crippen molar-refractivity contribution in [1.29, 1.82) is 0 Å². The maximum atomic E-state index is 13.2. The highest BCUT2D eigenvalue weighted by molar-refractivity contribution is 6.30. The Morgan fingerprint density at radius 2 is 1.92 bits per heavy atom. The molecule has 0 aliphatic rings. The Balaban J connectivity index is 2.01. The molecular formula is C19H20ClN3O. The second-order valence-electron chi connectivity index (χ2n) is 5.64. The fourth-order valence-corrected chi connectivity index (χ4v) is 2.98. The van der Waals surface area contributed by atoms with E-state index in [1.807, 2.05) is 55.1 Å². The van der Waals surface area contributed by atoms with Crippen molar-refractivity contribution in [2.24, 2.45) is 0 Å². The number of aryl methyl sites for hydroxylation is 1. The zero-order valence-corrected chi connectivity index (χ0v) is 14.6. The molecule has 3 rings (SSSR count). The number of hydrogen-bond donors (Lipinski definition) is 0. The molecule has 2 aromatic heterocycles. The summed E-state index contributed by atoms with van der Waals surface area (Å²) in [6.45, 7) is 5.20. The highest BCUT2D eigenvalue weighted by Crippen LogP contribution is 2.20. The van der Waals surface area contributed by atoms with Crippen molar-refractivity contribution < 1.29 is 4.79 Å². The van der Waals surface area contributed by atoms with Crippen LogP contribution in [0.5, 0.6) is 0 Å². The van der Waals surface area contributed by atoms with E-state index in [4.69, 9.17) is 11.6 Å². The predicted octanol–water partition coefficient (Wildman–Crippen LogP) is 4.21. The molecule has 0 fully saturated rings. The molecule has 0 unspecified atom stereocenters. The van der Waals surface area contributed by atoms with Crippen LogP contribution >= 0.6 is 11.6 Å². The van der Waals surface area contributed by atoms with Crippen LogP contribution in [0.15, 0.2) is 48.7 Å². The van der Waals surface area contributed by atoms with Crippen molar-refractivity contribution in [1.82, 2.24) is 14.3 Å². The molecule has 0 saturated heterocycles. The summed E-state index contributed by atoms with van der Waals surface area (Å²) in [7, 11) is 0. The summed E-state index contributed by atoms with van der Waals surface area (Å²) in [5.74, 6) is -0.0204. The first-order valence-electron chi connectivity index (χ1n) is 8.13. The number of pyridine rings is 1. The molecule has 0 aliphatic heterocycles. The molecule has 3 aromatic rings. The average molecular weight is 342 g/mol. The fraction of sp³-hybridized carbons (Fsp3) is 0.263. The molecule has 0 radical (unpaired) electrons. The summed E-state index contributed by atoms with van der Waals surface area (Å²) in [4.78, 5) is 19.6. The van der Waals surface area contributed by atoms with Gasteiger partial charge in [-0.25, -0.2) is 4.98 Å². The maximum absolute atomic E-state index is 13.2. The Morgan fingerprint density at radius 1 is 1.17 bits per heavy atom. The minimum atomic E-state index is -0.0204. The molecule has 124 valence electrons. The summed E-state index contributed by atoms with van der Waals surface area (Å²) in [6.07, 6.45) is 2.45. The first kappa shape index (κ1) is 16.5. The third-order valence-corrected chi connectivity index (χ3v) is 4.30. The first-order valence-corrected chi connectivity index (χ1v) is 8.51. The van der Waals surface area contributed by atoms with Crippen LogP contribution in [0.1, 0.15) is 35.6 Å². The van der Waals surface area contributed by atoms with Gasteiger partial charge in [-0.3, -0.25) is 9.20 Å². The second kappa shape index (κ2) is 7.05. The lowest BCUT2D eigenvalue weighted by Gasteiger charge is -2.21. The highest BCUT2D eigenvalue weighted by atomic mass is 35.5. The summed E-state index contributed by atoms with van der Waals surface area (Å²) in [5, 5.41) is 0.586. The molecule has 2 heterocycles.